The van der Waals surface area contributed by atoms with Crippen molar-refractivity contribution in [2.45, 2.75) is 46.3 Å². The van der Waals surface area contributed by atoms with Gasteiger partial charge in [0.25, 0.3) is 6.43 Å². The maximum absolute atomic E-state index is 13.6. The molecule has 6 nitrogen and oxygen atoms in total. The number of rotatable bonds is 8. The Balaban J connectivity index is 3.39. The number of hydrogen-bond donors (Lipinski definition) is 2. The molecule has 0 aliphatic heterocycles. The van der Waals surface area contributed by atoms with E-state index in [0.717, 1.165) is 0 Å². The fourth-order valence-corrected chi connectivity index (χ4v) is 2.85. The molecule has 23 heavy (non-hydrogen) atoms. The number of alkyl halides is 2. The summed E-state index contributed by atoms with van der Waals surface area (Å²) in [6, 6.07) is 0. The molecule has 0 amide bonds. The van der Waals surface area contributed by atoms with Crippen LogP contribution in [0.3, 0.4) is 0 Å². The number of carbonyl (C=O) groups is 2. The number of carboxylic acid groups (broad SMARTS) is 2. The molecule has 1 aliphatic rings. The number of aliphatic carboxylic acids is 2. The minimum atomic E-state index is -3.22. The predicted octanol–water partition coefficient (Wildman–Crippen LogP) is 2.53. The summed E-state index contributed by atoms with van der Waals surface area (Å²) in [6.45, 7) is 4.98. The van der Waals surface area contributed by atoms with Gasteiger partial charge in [-0.25, -0.2) is 8.78 Å². The van der Waals surface area contributed by atoms with Gasteiger partial charge < -0.3 is 19.7 Å². The van der Waals surface area contributed by atoms with Crippen LogP contribution in [0.25, 0.3) is 0 Å². The SMILES string of the molecule is CCOC(OCC)C1=CC(C)(C(=O)O)CC(C(=O)O)(C(F)F)C1. The molecule has 0 fully saturated rings. The second-order valence-electron chi connectivity index (χ2n) is 5.80. The molecule has 0 heterocycles. The summed E-state index contributed by atoms with van der Waals surface area (Å²) >= 11 is 0. The first kappa shape index (κ1) is 19.5. The third-order valence-electron chi connectivity index (χ3n) is 3.98. The summed E-state index contributed by atoms with van der Waals surface area (Å²) in [5.74, 6) is -3.09. The second kappa shape index (κ2) is 7.35. The van der Waals surface area contributed by atoms with E-state index in [1.807, 2.05) is 0 Å². The topological polar surface area (TPSA) is 93.1 Å². The lowest BCUT2D eigenvalue weighted by Crippen LogP contribution is -2.48. The van der Waals surface area contributed by atoms with E-state index in [4.69, 9.17) is 9.47 Å². The second-order valence-corrected chi connectivity index (χ2v) is 5.80. The van der Waals surface area contributed by atoms with Crippen LogP contribution in [0.1, 0.15) is 33.6 Å². The first-order valence-electron chi connectivity index (χ1n) is 7.32. The van der Waals surface area contributed by atoms with Crippen LogP contribution in [-0.4, -0.2) is 48.1 Å². The first-order chi connectivity index (χ1) is 10.6. The Bertz CT molecular complexity index is 486. The van der Waals surface area contributed by atoms with E-state index in [0.29, 0.717) is 0 Å². The van der Waals surface area contributed by atoms with Gasteiger partial charge in [-0.1, -0.05) is 6.08 Å². The van der Waals surface area contributed by atoms with E-state index >= 15 is 0 Å². The molecule has 0 saturated heterocycles. The van der Waals surface area contributed by atoms with Gasteiger partial charge in [0, 0.05) is 13.2 Å². The maximum atomic E-state index is 13.6. The Morgan fingerprint density at radius 3 is 2.09 bits per heavy atom. The summed E-state index contributed by atoms with van der Waals surface area (Å²) in [5, 5.41) is 18.7. The molecule has 0 aromatic heterocycles. The van der Waals surface area contributed by atoms with Crippen molar-refractivity contribution in [1.82, 2.24) is 0 Å². The van der Waals surface area contributed by atoms with Gasteiger partial charge in [0.1, 0.15) is 5.41 Å². The molecule has 0 spiro atoms. The van der Waals surface area contributed by atoms with Gasteiger partial charge in [0.2, 0.25) is 0 Å². The molecule has 2 unspecified atom stereocenters. The van der Waals surface area contributed by atoms with Crippen LogP contribution < -0.4 is 0 Å². The van der Waals surface area contributed by atoms with E-state index in [-0.39, 0.29) is 18.8 Å². The zero-order valence-electron chi connectivity index (χ0n) is 13.3. The van der Waals surface area contributed by atoms with Crippen molar-refractivity contribution in [1.29, 1.82) is 0 Å². The average molecular weight is 336 g/mol. The normalized spacial score (nSPS) is 28.0. The molecule has 2 N–H and O–H groups in total. The number of ether oxygens (including phenoxy) is 2. The van der Waals surface area contributed by atoms with Gasteiger partial charge in [0.05, 0.1) is 5.41 Å². The van der Waals surface area contributed by atoms with E-state index in [1.165, 1.54) is 13.0 Å². The molecule has 0 aromatic carbocycles. The Labute approximate surface area is 133 Å². The van der Waals surface area contributed by atoms with Crippen molar-refractivity contribution >= 4 is 11.9 Å². The van der Waals surface area contributed by atoms with Crippen molar-refractivity contribution in [3.63, 3.8) is 0 Å². The van der Waals surface area contributed by atoms with Crippen molar-refractivity contribution in [2.75, 3.05) is 13.2 Å². The lowest BCUT2D eigenvalue weighted by Gasteiger charge is -2.41. The number of hydrogen-bond acceptors (Lipinski definition) is 4. The third kappa shape index (κ3) is 3.87. The molecule has 1 rings (SSSR count). The highest BCUT2D eigenvalue weighted by atomic mass is 19.3. The van der Waals surface area contributed by atoms with Crippen molar-refractivity contribution in [3.05, 3.63) is 11.6 Å². The molecule has 0 saturated carbocycles. The fraction of sp³-hybridized carbons (Fsp3) is 0.733. The quantitative estimate of drug-likeness (QED) is 0.523. The molecule has 0 aromatic rings. The van der Waals surface area contributed by atoms with E-state index in [2.05, 4.69) is 0 Å². The highest BCUT2D eigenvalue weighted by Crippen LogP contribution is 2.50. The number of carboxylic acids is 2. The fourth-order valence-electron chi connectivity index (χ4n) is 2.85. The largest absolute Gasteiger partial charge is 0.481 e. The summed E-state index contributed by atoms with van der Waals surface area (Å²) in [7, 11) is 0. The average Bonchev–Trinajstić information content (AvgIpc) is 2.45. The zero-order chi connectivity index (χ0) is 17.8. The predicted molar refractivity (Wildman–Crippen MR) is 76.2 cm³/mol. The Hall–Kier alpha value is -1.54. The van der Waals surface area contributed by atoms with E-state index < -0.39 is 48.3 Å². The van der Waals surface area contributed by atoms with Crippen LogP contribution in [0.5, 0.6) is 0 Å². The van der Waals surface area contributed by atoms with Gasteiger partial charge in [-0.2, -0.15) is 0 Å². The molecule has 8 heteroatoms. The molecule has 2 atom stereocenters. The summed E-state index contributed by atoms with van der Waals surface area (Å²) in [6.07, 6.45) is -4.19. The maximum Gasteiger partial charge on any atom is 0.315 e. The van der Waals surface area contributed by atoms with Crippen LogP contribution in [0.4, 0.5) is 8.78 Å². The minimum Gasteiger partial charge on any atom is -0.481 e. The van der Waals surface area contributed by atoms with Crippen molar-refractivity contribution in [3.8, 4) is 0 Å². The molecule has 0 bridgehead atoms. The first-order valence-corrected chi connectivity index (χ1v) is 7.32. The van der Waals surface area contributed by atoms with E-state index in [1.54, 1.807) is 13.8 Å². The van der Waals surface area contributed by atoms with Crippen LogP contribution in [0.2, 0.25) is 0 Å². The molecular formula is C15H22F2O6. The smallest absolute Gasteiger partial charge is 0.315 e. The van der Waals surface area contributed by atoms with Gasteiger partial charge >= 0.3 is 11.9 Å². The zero-order valence-corrected chi connectivity index (χ0v) is 13.3. The lowest BCUT2D eigenvalue weighted by molar-refractivity contribution is -0.170. The van der Waals surface area contributed by atoms with Gasteiger partial charge in [-0.15, -0.1) is 0 Å². The molecular weight excluding hydrogens is 314 g/mol. The monoisotopic (exact) mass is 336 g/mol. The molecule has 1 aliphatic carbocycles. The lowest BCUT2D eigenvalue weighted by atomic mass is 9.63. The Morgan fingerprint density at radius 2 is 1.74 bits per heavy atom. The van der Waals surface area contributed by atoms with Crippen LogP contribution >= 0.6 is 0 Å². The number of halogens is 2. The summed E-state index contributed by atoms with van der Waals surface area (Å²) in [4.78, 5) is 23.1. The van der Waals surface area contributed by atoms with Crippen LogP contribution in [0.15, 0.2) is 11.6 Å². The van der Waals surface area contributed by atoms with Gasteiger partial charge in [-0.3, -0.25) is 9.59 Å². The van der Waals surface area contributed by atoms with Gasteiger partial charge in [0.15, 0.2) is 6.29 Å². The van der Waals surface area contributed by atoms with Crippen LogP contribution in [-0.2, 0) is 19.1 Å². The van der Waals surface area contributed by atoms with Crippen molar-refractivity contribution in [2.24, 2.45) is 10.8 Å². The summed E-state index contributed by atoms with van der Waals surface area (Å²) in [5.41, 5.74) is -4.11. The Kier molecular flexibility index (Phi) is 6.24. The highest BCUT2D eigenvalue weighted by Gasteiger charge is 2.57. The van der Waals surface area contributed by atoms with Gasteiger partial charge in [-0.05, 0) is 39.2 Å². The van der Waals surface area contributed by atoms with E-state index in [9.17, 15) is 28.6 Å². The summed E-state index contributed by atoms with van der Waals surface area (Å²) < 4.78 is 37.8. The highest BCUT2D eigenvalue weighted by molar-refractivity contribution is 5.82. The minimum absolute atomic E-state index is 0.118. The molecule has 132 valence electrons. The molecule has 0 radical (unpaired) electrons. The van der Waals surface area contributed by atoms with Crippen molar-refractivity contribution < 1.29 is 38.1 Å². The van der Waals surface area contributed by atoms with Crippen LogP contribution in [0, 0.1) is 10.8 Å². The Morgan fingerprint density at radius 1 is 1.22 bits per heavy atom. The third-order valence-corrected chi connectivity index (χ3v) is 3.98. The standard InChI is InChI=1S/C15H22F2O6/c1-4-22-10(23-5-2)9-6-14(3,12(18)19)8-15(7-9,11(16)17)13(20)21/h6,10-11H,4-5,7-8H2,1-3H3,(H,18,19)(H,20,21).